The molecule has 0 spiro atoms. The molecular formula is C15H22N2O3. The Morgan fingerprint density at radius 2 is 1.85 bits per heavy atom. The molecule has 110 valence electrons. The molecule has 5 nitrogen and oxygen atoms in total. The van der Waals surface area contributed by atoms with Crippen molar-refractivity contribution in [1.29, 1.82) is 0 Å². The quantitative estimate of drug-likeness (QED) is 0.651. The highest BCUT2D eigenvalue weighted by atomic mass is 16.3. The number of hydrogen-bond acceptors (Lipinski definition) is 4. The Balaban J connectivity index is 1.81. The van der Waals surface area contributed by atoms with Gasteiger partial charge in [0.1, 0.15) is 5.75 Å². The van der Waals surface area contributed by atoms with Crippen LogP contribution in [0.25, 0.3) is 0 Å². The topological polar surface area (TPSA) is 95.6 Å². The fraction of sp³-hybridized carbons (Fsp3) is 0.533. The number of phenolic OH excluding ortho intramolecular Hbond substituents is 1. The predicted octanol–water partition coefficient (Wildman–Crippen LogP) is 0.682. The van der Waals surface area contributed by atoms with Crippen molar-refractivity contribution in [2.45, 2.75) is 50.3 Å². The number of phenols is 1. The van der Waals surface area contributed by atoms with E-state index in [1.165, 1.54) is 0 Å². The van der Waals surface area contributed by atoms with E-state index in [0.717, 1.165) is 31.2 Å². The third-order valence-corrected chi connectivity index (χ3v) is 3.77. The Morgan fingerprint density at radius 1 is 1.25 bits per heavy atom. The second-order valence-corrected chi connectivity index (χ2v) is 5.49. The zero-order chi connectivity index (χ0) is 14.5. The summed E-state index contributed by atoms with van der Waals surface area (Å²) in [5.41, 5.74) is 6.83. The number of amides is 1. The van der Waals surface area contributed by atoms with E-state index in [0.29, 0.717) is 6.42 Å². The van der Waals surface area contributed by atoms with Gasteiger partial charge in [-0.3, -0.25) is 4.79 Å². The lowest BCUT2D eigenvalue weighted by molar-refractivity contribution is -0.123. The van der Waals surface area contributed by atoms with Gasteiger partial charge in [-0.25, -0.2) is 0 Å². The van der Waals surface area contributed by atoms with Crippen LogP contribution < -0.4 is 11.1 Å². The van der Waals surface area contributed by atoms with Crippen LogP contribution in [0.4, 0.5) is 0 Å². The first-order valence-corrected chi connectivity index (χ1v) is 7.06. The largest absolute Gasteiger partial charge is 0.508 e. The molecule has 1 aliphatic carbocycles. The second kappa shape index (κ2) is 6.72. The molecule has 1 aromatic carbocycles. The molecule has 1 aliphatic rings. The van der Waals surface area contributed by atoms with Crippen molar-refractivity contribution in [1.82, 2.24) is 5.32 Å². The maximum atomic E-state index is 12.0. The number of aromatic hydroxyl groups is 1. The molecule has 1 fully saturated rings. The second-order valence-electron chi connectivity index (χ2n) is 5.49. The molecule has 0 heterocycles. The van der Waals surface area contributed by atoms with Crippen LogP contribution in [0.1, 0.15) is 31.2 Å². The van der Waals surface area contributed by atoms with E-state index in [-0.39, 0.29) is 23.8 Å². The van der Waals surface area contributed by atoms with Crippen molar-refractivity contribution in [3.05, 3.63) is 29.8 Å². The standard InChI is InChI=1S/C15H22N2O3/c16-14(9-10-1-5-12(18)6-2-10)15(20)17-11-3-7-13(19)8-4-11/h1-2,5-6,11,13-14,18-19H,3-4,7-9,16H2,(H,17,20)/t11?,13?,14-/m1/s1. The number of aliphatic hydroxyl groups excluding tert-OH is 1. The van der Waals surface area contributed by atoms with E-state index in [4.69, 9.17) is 5.73 Å². The molecule has 0 aromatic heterocycles. The van der Waals surface area contributed by atoms with Crippen LogP contribution in [-0.2, 0) is 11.2 Å². The van der Waals surface area contributed by atoms with Crippen molar-refractivity contribution < 1.29 is 15.0 Å². The number of rotatable bonds is 4. The van der Waals surface area contributed by atoms with Crippen molar-refractivity contribution >= 4 is 5.91 Å². The van der Waals surface area contributed by atoms with Crippen LogP contribution in [-0.4, -0.2) is 34.3 Å². The van der Waals surface area contributed by atoms with Gasteiger partial charge in [-0.05, 0) is 49.8 Å². The third-order valence-electron chi connectivity index (χ3n) is 3.77. The minimum Gasteiger partial charge on any atom is -0.508 e. The maximum absolute atomic E-state index is 12.0. The molecule has 5 N–H and O–H groups in total. The molecule has 0 radical (unpaired) electrons. The molecule has 0 bridgehead atoms. The van der Waals surface area contributed by atoms with Gasteiger partial charge in [-0.1, -0.05) is 12.1 Å². The maximum Gasteiger partial charge on any atom is 0.237 e. The monoisotopic (exact) mass is 278 g/mol. The van der Waals surface area contributed by atoms with Gasteiger partial charge < -0.3 is 21.3 Å². The van der Waals surface area contributed by atoms with Crippen LogP contribution >= 0.6 is 0 Å². The average molecular weight is 278 g/mol. The van der Waals surface area contributed by atoms with Gasteiger partial charge >= 0.3 is 0 Å². The van der Waals surface area contributed by atoms with Gasteiger partial charge in [-0.15, -0.1) is 0 Å². The number of hydrogen-bond donors (Lipinski definition) is 4. The predicted molar refractivity (Wildman–Crippen MR) is 76.2 cm³/mol. The van der Waals surface area contributed by atoms with E-state index < -0.39 is 6.04 Å². The smallest absolute Gasteiger partial charge is 0.237 e. The summed E-state index contributed by atoms with van der Waals surface area (Å²) in [7, 11) is 0. The van der Waals surface area contributed by atoms with Crippen molar-refractivity contribution in [3.8, 4) is 5.75 Å². The lowest BCUT2D eigenvalue weighted by atomic mass is 9.93. The van der Waals surface area contributed by atoms with Crippen LogP contribution in [0.3, 0.4) is 0 Å². The zero-order valence-electron chi connectivity index (χ0n) is 11.5. The molecule has 0 aliphatic heterocycles. The molecule has 5 heteroatoms. The summed E-state index contributed by atoms with van der Waals surface area (Å²) < 4.78 is 0. The number of nitrogens with two attached hydrogens (primary N) is 1. The first kappa shape index (κ1) is 14.8. The van der Waals surface area contributed by atoms with Crippen LogP contribution in [0.15, 0.2) is 24.3 Å². The summed E-state index contributed by atoms with van der Waals surface area (Å²) in [4.78, 5) is 12.0. The Kier molecular flexibility index (Phi) is 4.98. The molecule has 1 saturated carbocycles. The molecule has 1 amide bonds. The van der Waals surface area contributed by atoms with Gasteiger partial charge in [0, 0.05) is 6.04 Å². The van der Waals surface area contributed by atoms with Gasteiger partial charge in [0.25, 0.3) is 0 Å². The normalized spacial score (nSPS) is 24.1. The highest BCUT2D eigenvalue weighted by Gasteiger charge is 2.23. The molecule has 1 aromatic rings. The zero-order valence-corrected chi connectivity index (χ0v) is 11.5. The van der Waals surface area contributed by atoms with Gasteiger partial charge in [-0.2, -0.15) is 0 Å². The van der Waals surface area contributed by atoms with Crippen molar-refractivity contribution in [2.75, 3.05) is 0 Å². The molecular weight excluding hydrogens is 256 g/mol. The van der Waals surface area contributed by atoms with Crippen LogP contribution in [0.5, 0.6) is 5.75 Å². The highest BCUT2D eigenvalue weighted by molar-refractivity contribution is 5.82. The Morgan fingerprint density at radius 3 is 2.45 bits per heavy atom. The third kappa shape index (κ3) is 4.21. The van der Waals surface area contributed by atoms with Crippen molar-refractivity contribution in [3.63, 3.8) is 0 Å². The minimum absolute atomic E-state index is 0.122. The molecule has 0 unspecified atom stereocenters. The summed E-state index contributed by atoms with van der Waals surface area (Å²) in [5.74, 6) is 0.0481. The Hall–Kier alpha value is -1.59. The van der Waals surface area contributed by atoms with Gasteiger partial charge in [0.05, 0.1) is 12.1 Å². The summed E-state index contributed by atoms with van der Waals surface area (Å²) in [6.07, 6.45) is 3.30. The number of carbonyl (C=O) groups is 1. The summed E-state index contributed by atoms with van der Waals surface area (Å²) in [5, 5.41) is 21.6. The average Bonchev–Trinajstić information content (AvgIpc) is 2.44. The molecule has 2 rings (SSSR count). The fourth-order valence-electron chi connectivity index (χ4n) is 2.51. The number of carbonyl (C=O) groups excluding carboxylic acids is 1. The summed E-state index contributed by atoms with van der Waals surface area (Å²) >= 11 is 0. The molecule has 0 saturated heterocycles. The molecule has 1 atom stereocenters. The fourth-order valence-corrected chi connectivity index (χ4v) is 2.51. The first-order valence-electron chi connectivity index (χ1n) is 7.06. The first-order chi connectivity index (χ1) is 9.54. The number of aliphatic hydroxyl groups is 1. The van der Waals surface area contributed by atoms with E-state index in [9.17, 15) is 15.0 Å². The van der Waals surface area contributed by atoms with Crippen LogP contribution in [0, 0.1) is 0 Å². The lowest BCUT2D eigenvalue weighted by Gasteiger charge is -2.27. The van der Waals surface area contributed by atoms with Crippen molar-refractivity contribution in [2.24, 2.45) is 5.73 Å². The highest BCUT2D eigenvalue weighted by Crippen LogP contribution is 2.18. The summed E-state index contributed by atoms with van der Waals surface area (Å²) in [6, 6.07) is 6.23. The van der Waals surface area contributed by atoms with Gasteiger partial charge in [0.2, 0.25) is 5.91 Å². The summed E-state index contributed by atoms with van der Waals surface area (Å²) in [6.45, 7) is 0. The van der Waals surface area contributed by atoms with E-state index >= 15 is 0 Å². The Bertz CT molecular complexity index is 439. The van der Waals surface area contributed by atoms with Crippen LogP contribution in [0.2, 0.25) is 0 Å². The molecule has 20 heavy (non-hydrogen) atoms. The number of benzene rings is 1. The number of nitrogens with one attached hydrogen (secondary N) is 1. The van der Waals surface area contributed by atoms with E-state index in [2.05, 4.69) is 5.32 Å². The lowest BCUT2D eigenvalue weighted by Crippen LogP contribution is -2.47. The van der Waals surface area contributed by atoms with Gasteiger partial charge in [0.15, 0.2) is 0 Å². The Labute approximate surface area is 118 Å². The minimum atomic E-state index is -0.591. The van der Waals surface area contributed by atoms with E-state index in [1.807, 2.05) is 0 Å². The van der Waals surface area contributed by atoms with E-state index in [1.54, 1.807) is 24.3 Å². The SMILES string of the molecule is N[C@H](Cc1ccc(O)cc1)C(=O)NC1CCC(O)CC1.